The van der Waals surface area contributed by atoms with E-state index in [-0.39, 0.29) is 23.3 Å². The van der Waals surface area contributed by atoms with Crippen LogP contribution in [0, 0.1) is 5.41 Å². The van der Waals surface area contributed by atoms with Crippen molar-refractivity contribution in [2.24, 2.45) is 11.1 Å². The molecule has 1 aromatic heterocycles. The molecule has 0 aliphatic rings. The lowest BCUT2D eigenvalue weighted by atomic mass is 9.96. The van der Waals surface area contributed by atoms with Gasteiger partial charge in [-0.1, -0.05) is 34.1 Å². The predicted molar refractivity (Wildman–Crippen MR) is 97.6 cm³/mol. The van der Waals surface area contributed by atoms with E-state index < -0.39 is 0 Å². The smallest absolute Gasteiger partial charge is 0.259 e. The van der Waals surface area contributed by atoms with E-state index in [4.69, 9.17) is 10.5 Å². The van der Waals surface area contributed by atoms with Crippen LogP contribution >= 0.6 is 0 Å². The highest BCUT2D eigenvalue weighted by atomic mass is 16.5. The van der Waals surface area contributed by atoms with Gasteiger partial charge in [0.05, 0.1) is 17.7 Å². The second-order valence-corrected chi connectivity index (χ2v) is 7.36. The van der Waals surface area contributed by atoms with Gasteiger partial charge in [-0.15, -0.1) is 0 Å². The topological polar surface area (TPSA) is 77.5 Å². The molecule has 0 unspecified atom stereocenters. The zero-order valence-electron chi connectivity index (χ0n) is 15.1. The van der Waals surface area contributed by atoms with Crippen LogP contribution in [0.5, 0.6) is 11.5 Å². The Balaban J connectivity index is 2.74. The van der Waals surface area contributed by atoms with Crippen molar-refractivity contribution in [3.63, 3.8) is 0 Å². The van der Waals surface area contributed by atoms with Gasteiger partial charge in [-0.05, 0) is 30.0 Å². The molecule has 0 aliphatic carbocycles. The van der Waals surface area contributed by atoms with Crippen LogP contribution in [-0.4, -0.2) is 16.3 Å². The number of benzene rings is 1. The summed E-state index contributed by atoms with van der Waals surface area (Å²) in [4.78, 5) is 13.0. The molecule has 132 valence electrons. The molecule has 0 amide bonds. The predicted octanol–water partition coefficient (Wildman–Crippen LogP) is 3.39. The lowest BCUT2D eigenvalue weighted by molar-refractivity contribution is 0.295. The second kappa shape index (κ2) is 7.26. The first-order valence-corrected chi connectivity index (χ1v) is 8.49. The third-order valence-electron chi connectivity index (χ3n) is 3.88. The van der Waals surface area contributed by atoms with E-state index in [2.05, 4.69) is 27.7 Å². The van der Waals surface area contributed by atoms with Crippen molar-refractivity contribution in [3.8, 4) is 11.5 Å². The molecule has 2 aromatic rings. The Morgan fingerprint density at radius 1 is 1.25 bits per heavy atom. The molecule has 0 saturated heterocycles. The van der Waals surface area contributed by atoms with E-state index in [1.165, 1.54) is 6.07 Å². The first kappa shape index (κ1) is 18.3. The van der Waals surface area contributed by atoms with Crippen LogP contribution in [0.4, 0.5) is 0 Å². The second-order valence-electron chi connectivity index (χ2n) is 7.36. The summed E-state index contributed by atoms with van der Waals surface area (Å²) in [7, 11) is 0. The number of rotatable bonds is 6. The summed E-state index contributed by atoms with van der Waals surface area (Å²) in [6.07, 6.45) is 1.96. The zero-order valence-corrected chi connectivity index (χ0v) is 15.1. The fraction of sp³-hybridized carbons (Fsp3) is 0.526. The number of phenols is 1. The molecule has 0 spiro atoms. The van der Waals surface area contributed by atoms with Crippen molar-refractivity contribution in [3.05, 3.63) is 34.2 Å². The Labute approximate surface area is 143 Å². The summed E-state index contributed by atoms with van der Waals surface area (Å²) in [5, 5.41) is 11.0. The molecule has 1 heterocycles. The maximum Gasteiger partial charge on any atom is 0.259 e. The molecule has 0 radical (unpaired) electrons. The molecule has 5 heteroatoms. The highest BCUT2D eigenvalue weighted by Crippen LogP contribution is 2.31. The molecule has 5 nitrogen and oxygen atoms in total. The molecular formula is C19H28N2O3. The molecule has 2 rings (SSSR count). The lowest BCUT2D eigenvalue weighted by Crippen LogP contribution is -2.31. The lowest BCUT2D eigenvalue weighted by Gasteiger charge is -2.25. The van der Waals surface area contributed by atoms with Crippen molar-refractivity contribution >= 4 is 10.8 Å². The standard InChI is InChI=1S/C19H28N2O3/c1-5-6-9-24-17-14-8-7-13(22)10-15(14)18(23)21(16(17)11-20)12-19(2,3)4/h7-8,10,22H,5-6,9,11-12,20H2,1-4H3. The molecule has 24 heavy (non-hydrogen) atoms. The number of hydrogen-bond donors (Lipinski definition) is 2. The van der Waals surface area contributed by atoms with Gasteiger partial charge in [0.15, 0.2) is 0 Å². The molecule has 0 aliphatic heterocycles. The van der Waals surface area contributed by atoms with E-state index in [1.54, 1.807) is 16.7 Å². The minimum absolute atomic E-state index is 0.0712. The number of nitrogens with zero attached hydrogens (tertiary/aromatic N) is 1. The van der Waals surface area contributed by atoms with E-state index in [9.17, 15) is 9.90 Å². The fourth-order valence-electron chi connectivity index (χ4n) is 2.78. The van der Waals surface area contributed by atoms with Gasteiger partial charge in [0.1, 0.15) is 11.5 Å². The first-order valence-electron chi connectivity index (χ1n) is 8.49. The minimum atomic E-state index is -0.140. The summed E-state index contributed by atoms with van der Waals surface area (Å²) in [6, 6.07) is 4.81. The Kier molecular flexibility index (Phi) is 5.54. The largest absolute Gasteiger partial charge is 0.508 e. The molecule has 0 saturated carbocycles. The van der Waals surface area contributed by atoms with Gasteiger partial charge in [-0.2, -0.15) is 0 Å². The van der Waals surface area contributed by atoms with Gasteiger partial charge in [0, 0.05) is 18.5 Å². The number of unbranched alkanes of at least 4 members (excludes halogenated alkanes) is 1. The normalized spacial score (nSPS) is 11.9. The average Bonchev–Trinajstić information content (AvgIpc) is 2.50. The van der Waals surface area contributed by atoms with Crippen molar-refractivity contribution in [2.75, 3.05) is 6.61 Å². The number of phenolic OH excluding ortho intramolecular Hbond substituents is 1. The van der Waals surface area contributed by atoms with Gasteiger partial charge in [-0.25, -0.2) is 0 Å². The summed E-state index contributed by atoms with van der Waals surface area (Å²) in [6.45, 7) is 9.66. The van der Waals surface area contributed by atoms with Gasteiger partial charge >= 0.3 is 0 Å². The van der Waals surface area contributed by atoms with Crippen molar-refractivity contribution in [1.82, 2.24) is 4.57 Å². The maximum absolute atomic E-state index is 13.0. The van der Waals surface area contributed by atoms with Gasteiger partial charge < -0.3 is 20.1 Å². The molecule has 3 N–H and O–H groups in total. The molecule has 0 fully saturated rings. The fourth-order valence-corrected chi connectivity index (χ4v) is 2.78. The summed E-state index contributed by atoms with van der Waals surface area (Å²) in [5.41, 5.74) is 6.46. The van der Waals surface area contributed by atoms with E-state index >= 15 is 0 Å². The monoisotopic (exact) mass is 332 g/mol. The van der Waals surface area contributed by atoms with Crippen LogP contribution in [0.2, 0.25) is 0 Å². The third-order valence-corrected chi connectivity index (χ3v) is 3.88. The third kappa shape index (κ3) is 3.90. The Morgan fingerprint density at radius 3 is 2.54 bits per heavy atom. The van der Waals surface area contributed by atoms with Crippen LogP contribution in [0.25, 0.3) is 10.8 Å². The molecule has 0 atom stereocenters. The molecular weight excluding hydrogens is 304 g/mol. The summed E-state index contributed by atoms with van der Waals surface area (Å²) in [5.74, 6) is 0.728. The Morgan fingerprint density at radius 2 is 1.96 bits per heavy atom. The van der Waals surface area contributed by atoms with Crippen LogP contribution < -0.4 is 16.0 Å². The Bertz CT molecular complexity index is 773. The van der Waals surface area contributed by atoms with Crippen molar-refractivity contribution < 1.29 is 9.84 Å². The summed E-state index contributed by atoms with van der Waals surface area (Å²) < 4.78 is 7.71. The highest BCUT2D eigenvalue weighted by molar-refractivity contribution is 5.89. The van der Waals surface area contributed by atoms with E-state index in [0.717, 1.165) is 12.8 Å². The number of pyridine rings is 1. The number of nitrogens with two attached hydrogens (primary N) is 1. The Hall–Kier alpha value is -2.01. The van der Waals surface area contributed by atoms with Crippen LogP contribution in [0.15, 0.2) is 23.0 Å². The van der Waals surface area contributed by atoms with Crippen LogP contribution in [-0.2, 0) is 13.1 Å². The molecule has 1 aromatic carbocycles. The van der Waals surface area contributed by atoms with Gasteiger partial charge in [-0.3, -0.25) is 4.79 Å². The zero-order chi connectivity index (χ0) is 17.9. The number of hydrogen-bond acceptors (Lipinski definition) is 4. The van der Waals surface area contributed by atoms with Crippen LogP contribution in [0.1, 0.15) is 46.2 Å². The SMILES string of the molecule is CCCCOc1c(CN)n(CC(C)(C)C)c(=O)c2cc(O)ccc12. The number of aromatic hydroxyl groups is 1. The van der Waals surface area contributed by atoms with Crippen molar-refractivity contribution in [1.29, 1.82) is 0 Å². The number of ether oxygens (including phenoxy) is 1. The van der Waals surface area contributed by atoms with Gasteiger partial charge in [0.25, 0.3) is 5.56 Å². The quantitative estimate of drug-likeness (QED) is 0.795. The first-order chi connectivity index (χ1) is 11.3. The van der Waals surface area contributed by atoms with E-state index in [1.807, 2.05) is 0 Å². The van der Waals surface area contributed by atoms with Crippen molar-refractivity contribution in [2.45, 2.75) is 53.6 Å². The van der Waals surface area contributed by atoms with Gasteiger partial charge in [0.2, 0.25) is 0 Å². The highest BCUT2D eigenvalue weighted by Gasteiger charge is 2.21. The number of fused-ring (bicyclic) bond motifs is 1. The summed E-state index contributed by atoms with van der Waals surface area (Å²) >= 11 is 0. The number of aromatic nitrogens is 1. The van der Waals surface area contributed by atoms with E-state index in [0.29, 0.717) is 35.4 Å². The minimum Gasteiger partial charge on any atom is -0.508 e. The van der Waals surface area contributed by atoms with Crippen LogP contribution in [0.3, 0.4) is 0 Å². The maximum atomic E-state index is 13.0. The average molecular weight is 332 g/mol. The molecule has 0 bridgehead atoms.